The molecule has 0 fully saturated rings. The van der Waals surface area contributed by atoms with Gasteiger partial charge in [-0.05, 0) is 24.1 Å². The Bertz CT molecular complexity index is 397. The van der Waals surface area contributed by atoms with E-state index < -0.39 is 30.7 Å². The highest BCUT2D eigenvalue weighted by Crippen LogP contribution is 2.41. The van der Waals surface area contributed by atoms with Crippen molar-refractivity contribution in [2.75, 3.05) is 0 Å². The second-order valence-corrected chi connectivity index (χ2v) is 4.97. The molecule has 1 atom stereocenters. The fourth-order valence-corrected chi connectivity index (χ4v) is 1.95. The normalized spacial score (nSPS) is 14.8. The summed E-state index contributed by atoms with van der Waals surface area (Å²) >= 11 is 3.11. The molecule has 0 saturated carbocycles. The van der Waals surface area contributed by atoms with Crippen LogP contribution in [0.2, 0.25) is 0 Å². The summed E-state index contributed by atoms with van der Waals surface area (Å²) in [4.78, 5) is 0. The number of rotatable bonds is 3. The molecule has 0 amide bonds. The van der Waals surface area contributed by atoms with Crippen molar-refractivity contribution in [3.8, 4) is 0 Å². The zero-order valence-corrected chi connectivity index (χ0v) is 11.0. The van der Waals surface area contributed by atoms with Crippen molar-refractivity contribution in [1.29, 1.82) is 0 Å². The molecule has 1 unspecified atom stereocenters. The van der Waals surface area contributed by atoms with Gasteiger partial charge in [0, 0.05) is 10.5 Å². The van der Waals surface area contributed by atoms with E-state index in [2.05, 4.69) is 15.9 Å². The van der Waals surface area contributed by atoms with Gasteiger partial charge in [-0.15, -0.1) is 0 Å². The molecule has 0 heterocycles. The number of alkyl halides is 6. The van der Waals surface area contributed by atoms with Crippen LogP contribution in [-0.4, -0.2) is 18.4 Å². The molecule has 1 aromatic rings. The van der Waals surface area contributed by atoms with Gasteiger partial charge < -0.3 is 5.73 Å². The number of halogens is 7. The molecule has 0 aliphatic heterocycles. The van der Waals surface area contributed by atoms with E-state index in [1.165, 1.54) is 24.3 Å². The average Bonchev–Trinajstić information content (AvgIpc) is 2.16. The van der Waals surface area contributed by atoms with Gasteiger partial charge in [0.1, 0.15) is 0 Å². The van der Waals surface area contributed by atoms with Gasteiger partial charge in [-0.25, -0.2) is 0 Å². The van der Waals surface area contributed by atoms with Crippen molar-refractivity contribution in [3.63, 3.8) is 0 Å². The van der Waals surface area contributed by atoms with E-state index in [1.54, 1.807) is 0 Å². The molecule has 0 aliphatic carbocycles. The van der Waals surface area contributed by atoms with Gasteiger partial charge in [-0.1, -0.05) is 28.1 Å². The van der Waals surface area contributed by atoms with Crippen LogP contribution in [0.15, 0.2) is 28.7 Å². The fourth-order valence-electron chi connectivity index (χ4n) is 1.68. The van der Waals surface area contributed by atoms with Crippen LogP contribution >= 0.6 is 15.9 Å². The van der Waals surface area contributed by atoms with Crippen molar-refractivity contribution >= 4 is 15.9 Å². The molecule has 2 N–H and O–H groups in total. The van der Waals surface area contributed by atoms with E-state index in [0.717, 1.165) is 0 Å². The molecule has 1 nitrogen and oxygen atoms in total. The zero-order chi connectivity index (χ0) is 14.8. The molecular weight excluding hydrogens is 340 g/mol. The smallest absolute Gasteiger partial charge is 0.327 e. The fraction of sp³-hybridized carbons (Fsp3) is 0.455. The molecule has 0 spiro atoms. The first-order valence-corrected chi connectivity index (χ1v) is 5.94. The number of hydrogen-bond acceptors (Lipinski definition) is 1. The van der Waals surface area contributed by atoms with E-state index in [-0.39, 0.29) is 0 Å². The third kappa shape index (κ3) is 4.68. The molecule has 0 radical (unpaired) electrons. The van der Waals surface area contributed by atoms with E-state index in [4.69, 9.17) is 5.73 Å². The van der Waals surface area contributed by atoms with E-state index >= 15 is 0 Å². The largest absolute Gasteiger partial charge is 0.402 e. The molecule has 8 heteroatoms. The molecular formula is C11H10BrF6N. The molecule has 1 rings (SSSR count). The number of benzene rings is 1. The first kappa shape index (κ1) is 16.3. The SMILES string of the molecule is NC(Cc1ccc(Br)cc1)C(C(F)(F)F)C(F)(F)F. The van der Waals surface area contributed by atoms with Crippen LogP contribution in [0, 0.1) is 5.92 Å². The summed E-state index contributed by atoms with van der Waals surface area (Å²) in [5.41, 5.74) is 5.42. The third-order valence-corrected chi connectivity index (χ3v) is 3.05. The van der Waals surface area contributed by atoms with Crippen molar-refractivity contribution in [1.82, 2.24) is 0 Å². The van der Waals surface area contributed by atoms with Gasteiger partial charge in [-0.3, -0.25) is 0 Å². The predicted octanol–water partition coefficient (Wildman–Crippen LogP) is 4.06. The second kappa shape index (κ2) is 5.70. The summed E-state index contributed by atoms with van der Waals surface area (Å²) in [7, 11) is 0. The molecule has 0 aromatic heterocycles. The maximum absolute atomic E-state index is 12.4. The van der Waals surface area contributed by atoms with Crippen LogP contribution in [-0.2, 0) is 6.42 Å². The van der Waals surface area contributed by atoms with Gasteiger partial charge in [0.05, 0.1) is 0 Å². The highest BCUT2D eigenvalue weighted by Gasteiger charge is 2.59. The summed E-state index contributed by atoms with van der Waals surface area (Å²) in [6.07, 6.45) is -11.3. The van der Waals surface area contributed by atoms with E-state index in [1.807, 2.05) is 0 Å². The van der Waals surface area contributed by atoms with Gasteiger partial charge in [0.25, 0.3) is 0 Å². The standard InChI is InChI=1S/C11H10BrF6N/c12-7-3-1-6(2-4-7)5-8(19)9(10(13,14)15)11(16,17)18/h1-4,8-9H,5,19H2. The number of nitrogens with two attached hydrogens (primary N) is 1. The number of hydrogen-bond donors (Lipinski definition) is 1. The summed E-state index contributed by atoms with van der Waals surface area (Å²) in [5, 5.41) is 0. The van der Waals surface area contributed by atoms with Crippen LogP contribution in [0.25, 0.3) is 0 Å². The lowest BCUT2D eigenvalue weighted by molar-refractivity contribution is -0.289. The Morgan fingerprint density at radius 1 is 0.947 bits per heavy atom. The Hall–Kier alpha value is -0.760. The molecule has 0 saturated heterocycles. The van der Waals surface area contributed by atoms with Crippen LogP contribution in [0.5, 0.6) is 0 Å². The topological polar surface area (TPSA) is 26.0 Å². The molecule has 0 bridgehead atoms. The second-order valence-electron chi connectivity index (χ2n) is 4.06. The van der Waals surface area contributed by atoms with E-state index in [9.17, 15) is 26.3 Å². The van der Waals surface area contributed by atoms with Gasteiger partial charge in [0.2, 0.25) is 0 Å². The van der Waals surface area contributed by atoms with Crippen molar-refractivity contribution in [3.05, 3.63) is 34.3 Å². The Morgan fingerprint density at radius 3 is 1.74 bits per heavy atom. The maximum Gasteiger partial charge on any atom is 0.402 e. The molecule has 19 heavy (non-hydrogen) atoms. The van der Waals surface area contributed by atoms with Crippen molar-refractivity contribution < 1.29 is 26.3 Å². The van der Waals surface area contributed by atoms with Gasteiger partial charge in [0.15, 0.2) is 5.92 Å². The Morgan fingerprint density at radius 2 is 1.37 bits per heavy atom. The first-order chi connectivity index (χ1) is 8.51. The van der Waals surface area contributed by atoms with E-state index in [0.29, 0.717) is 10.0 Å². The Balaban J connectivity index is 2.89. The minimum absolute atomic E-state index is 0.314. The van der Waals surface area contributed by atoms with Crippen molar-refractivity contribution in [2.45, 2.75) is 24.8 Å². The van der Waals surface area contributed by atoms with Gasteiger partial charge in [-0.2, -0.15) is 26.3 Å². The Labute approximate surface area is 113 Å². The quantitative estimate of drug-likeness (QED) is 0.818. The molecule has 0 aliphatic rings. The van der Waals surface area contributed by atoms with Crippen molar-refractivity contribution in [2.24, 2.45) is 11.7 Å². The molecule has 108 valence electrons. The lowest BCUT2D eigenvalue weighted by atomic mass is 9.93. The maximum atomic E-state index is 12.4. The zero-order valence-electron chi connectivity index (χ0n) is 9.39. The highest BCUT2D eigenvalue weighted by molar-refractivity contribution is 9.10. The van der Waals surface area contributed by atoms with Crippen LogP contribution in [0.4, 0.5) is 26.3 Å². The van der Waals surface area contributed by atoms with Crippen LogP contribution in [0.1, 0.15) is 5.56 Å². The first-order valence-electron chi connectivity index (χ1n) is 5.15. The summed E-state index contributed by atoms with van der Waals surface area (Å²) in [5.74, 6) is -3.52. The third-order valence-electron chi connectivity index (χ3n) is 2.52. The van der Waals surface area contributed by atoms with Gasteiger partial charge >= 0.3 is 12.4 Å². The summed E-state index contributed by atoms with van der Waals surface area (Å²) < 4.78 is 75.2. The average molecular weight is 350 g/mol. The summed E-state index contributed by atoms with van der Waals surface area (Å²) in [6.45, 7) is 0. The molecule has 1 aromatic carbocycles. The minimum Gasteiger partial charge on any atom is -0.327 e. The lowest BCUT2D eigenvalue weighted by Gasteiger charge is -2.28. The minimum atomic E-state index is -5.41. The summed E-state index contributed by atoms with van der Waals surface area (Å²) in [6, 6.07) is 3.83. The monoisotopic (exact) mass is 349 g/mol. The lowest BCUT2D eigenvalue weighted by Crippen LogP contribution is -2.49. The van der Waals surface area contributed by atoms with Crippen LogP contribution < -0.4 is 5.73 Å². The Kier molecular flexibility index (Phi) is 4.89. The highest BCUT2D eigenvalue weighted by atomic mass is 79.9. The predicted molar refractivity (Wildman–Crippen MR) is 61.4 cm³/mol. The van der Waals surface area contributed by atoms with Crippen LogP contribution in [0.3, 0.4) is 0 Å².